The Morgan fingerprint density at radius 1 is 1.09 bits per heavy atom. The van der Waals surface area contributed by atoms with Gasteiger partial charge < -0.3 is 19.9 Å². The number of hydrogen-bond acceptors (Lipinski definition) is 5. The number of amides is 1. The van der Waals surface area contributed by atoms with Crippen molar-refractivity contribution >= 4 is 34.2 Å². The summed E-state index contributed by atoms with van der Waals surface area (Å²) in [6.45, 7) is 6.69. The van der Waals surface area contributed by atoms with Crippen LogP contribution in [-0.4, -0.2) is 61.1 Å². The first kappa shape index (κ1) is 21.8. The number of carbonyl (C=O) groups excluding carboxylic acids is 2. The van der Waals surface area contributed by atoms with Crippen LogP contribution in [0.2, 0.25) is 0 Å². The van der Waals surface area contributed by atoms with Crippen LogP contribution in [0, 0.1) is 12.7 Å². The molecule has 0 bridgehead atoms. The van der Waals surface area contributed by atoms with E-state index in [1.165, 1.54) is 19.2 Å². The number of hydrogen-bond donors (Lipinski definition) is 2. The maximum absolute atomic E-state index is 13.2. The van der Waals surface area contributed by atoms with E-state index in [4.69, 9.17) is 4.74 Å². The number of halogens is 1. The maximum atomic E-state index is 13.2. The molecule has 0 saturated carbocycles. The fraction of sp³-hybridized carbons (Fsp3) is 0.333. The highest BCUT2D eigenvalue weighted by molar-refractivity contribution is 6.11. The van der Waals surface area contributed by atoms with E-state index in [1.807, 2.05) is 32.0 Å². The molecule has 1 aliphatic rings. The number of carbonyl (C=O) groups is 2. The molecule has 0 spiro atoms. The van der Waals surface area contributed by atoms with Crippen molar-refractivity contribution in [1.82, 2.24) is 9.88 Å². The van der Waals surface area contributed by atoms with Gasteiger partial charge in [0.15, 0.2) is 0 Å². The molecule has 0 aliphatic carbocycles. The normalized spacial score (nSPS) is 15.6. The zero-order valence-corrected chi connectivity index (χ0v) is 18.4. The minimum Gasteiger partial charge on any atom is -0.464 e. The lowest BCUT2D eigenvalue weighted by Crippen LogP contribution is -2.52. The molecule has 1 atom stereocenters. The van der Waals surface area contributed by atoms with Crippen molar-refractivity contribution in [2.24, 2.45) is 0 Å². The van der Waals surface area contributed by atoms with E-state index in [-0.39, 0.29) is 23.5 Å². The molecule has 3 aromatic rings. The largest absolute Gasteiger partial charge is 0.464 e. The lowest BCUT2D eigenvalue weighted by molar-refractivity contribution is -0.120. The number of nitrogens with one attached hydrogen (secondary N) is 2. The molecular weight excluding hydrogens is 411 g/mol. The number of aryl methyl sites for hydroxylation is 1. The van der Waals surface area contributed by atoms with Crippen LogP contribution in [0.4, 0.5) is 15.8 Å². The third kappa shape index (κ3) is 4.31. The highest BCUT2D eigenvalue weighted by atomic mass is 19.1. The van der Waals surface area contributed by atoms with Gasteiger partial charge in [-0.25, -0.2) is 9.18 Å². The van der Waals surface area contributed by atoms with Gasteiger partial charge in [0.05, 0.1) is 18.8 Å². The molecule has 2 heterocycles. The van der Waals surface area contributed by atoms with Crippen LogP contribution in [0.25, 0.3) is 10.9 Å². The van der Waals surface area contributed by atoms with Gasteiger partial charge in [0.1, 0.15) is 11.5 Å². The Kier molecular flexibility index (Phi) is 6.14. The monoisotopic (exact) mass is 438 g/mol. The van der Waals surface area contributed by atoms with Crippen LogP contribution in [0.5, 0.6) is 0 Å². The zero-order chi connectivity index (χ0) is 22.8. The molecule has 1 aromatic heterocycles. The van der Waals surface area contributed by atoms with Gasteiger partial charge in [-0.1, -0.05) is 11.6 Å². The lowest BCUT2D eigenvalue weighted by Gasteiger charge is -2.38. The van der Waals surface area contributed by atoms with E-state index in [0.29, 0.717) is 18.8 Å². The van der Waals surface area contributed by atoms with Crippen molar-refractivity contribution < 1.29 is 18.7 Å². The number of nitrogens with zero attached hydrogens (tertiary/aromatic N) is 2. The first-order valence-corrected chi connectivity index (χ1v) is 10.6. The first-order chi connectivity index (χ1) is 15.4. The van der Waals surface area contributed by atoms with Crippen LogP contribution in [0.3, 0.4) is 0 Å². The van der Waals surface area contributed by atoms with Crippen molar-refractivity contribution in [3.8, 4) is 0 Å². The Morgan fingerprint density at radius 3 is 2.44 bits per heavy atom. The summed E-state index contributed by atoms with van der Waals surface area (Å²) in [5.74, 6) is -0.973. The SMILES string of the molecule is COC(=O)c1[nH]c2ccc(C)cc2c1NC(=O)[C@@H](C)N1CCN(c2ccc(F)cc2)CC1. The minimum atomic E-state index is -0.533. The van der Waals surface area contributed by atoms with Crippen molar-refractivity contribution in [2.45, 2.75) is 19.9 Å². The number of rotatable bonds is 5. The minimum absolute atomic E-state index is 0.187. The van der Waals surface area contributed by atoms with Gasteiger partial charge in [0.25, 0.3) is 0 Å². The third-order valence-corrected chi connectivity index (χ3v) is 6.02. The summed E-state index contributed by atoms with van der Waals surface area (Å²) in [6.07, 6.45) is 0. The van der Waals surface area contributed by atoms with Gasteiger partial charge in [0, 0.05) is 42.8 Å². The van der Waals surface area contributed by atoms with Crippen LogP contribution in [0.1, 0.15) is 23.0 Å². The molecule has 0 unspecified atom stereocenters. The van der Waals surface area contributed by atoms with Crippen LogP contribution in [-0.2, 0) is 9.53 Å². The van der Waals surface area contributed by atoms with Gasteiger partial charge in [-0.3, -0.25) is 9.69 Å². The highest BCUT2D eigenvalue weighted by Crippen LogP contribution is 2.30. The average Bonchev–Trinajstić information content (AvgIpc) is 3.16. The van der Waals surface area contributed by atoms with Crippen molar-refractivity contribution in [3.05, 3.63) is 59.5 Å². The number of fused-ring (bicyclic) bond motifs is 1. The number of methoxy groups -OCH3 is 1. The Bertz CT molecular complexity index is 1130. The molecule has 168 valence electrons. The maximum Gasteiger partial charge on any atom is 0.356 e. The Morgan fingerprint density at radius 2 is 1.78 bits per heavy atom. The van der Waals surface area contributed by atoms with E-state index in [9.17, 15) is 14.0 Å². The Labute approximate surface area is 186 Å². The fourth-order valence-corrected chi connectivity index (χ4v) is 4.10. The van der Waals surface area contributed by atoms with Crippen LogP contribution >= 0.6 is 0 Å². The number of H-pyrrole nitrogens is 1. The van der Waals surface area contributed by atoms with Gasteiger partial charge in [0.2, 0.25) is 5.91 Å². The number of benzene rings is 2. The molecule has 2 N–H and O–H groups in total. The number of esters is 1. The van der Waals surface area contributed by atoms with Crippen molar-refractivity contribution in [3.63, 3.8) is 0 Å². The number of ether oxygens (including phenoxy) is 1. The molecule has 7 nitrogen and oxygen atoms in total. The molecule has 4 rings (SSSR count). The van der Waals surface area contributed by atoms with Crippen LogP contribution < -0.4 is 10.2 Å². The number of aromatic nitrogens is 1. The van der Waals surface area contributed by atoms with E-state index < -0.39 is 5.97 Å². The first-order valence-electron chi connectivity index (χ1n) is 10.6. The highest BCUT2D eigenvalue weighted by Gasteiger charge is 2.28. The lowest BCUT2D eigenvalue weighted by atomic mass is 10.1. The van der Waals surface area contributed by atoms with Gasteiger partial charge in [-0.2, -0.15) is 0 Å². The zero-order valence-electron chi connectivity index (χ0n) is 18.4. The number of anilines is 2. The summed E-state index contributed by atoms with van der Waals surface area (Å²) in [6, 6.07) is 11.8. The predicted octanol–water partition coefficient (Wildman–Crippen LogP) is 3.55. The second kappa shape index (κ2) is 9.00. The topological polar surface area (TPSA) is 77.7 Å². The predicted molar refractivity (Wildman–Crippen MR) is 123 cm³/mol. The number of aromatic amines is 1. The summed E-state index contributed by atoms with van der Waals surface area (Å²) >= 11 is 0. The quantitative estimate of drug-likeness (QED) is 0.596. The summed E-state index contributed by atoms with van der Waals surface area (Å²) < 4.78 is 18.1. The molecule has 1 fully saturated rings. The molecular formula is C24H27FN4O3. The molecule has 1 amide bonds. The van der Waals surface area contributed by atoms with E-state index in [1.54, 1.807) is 12.1 Å². The average molecular weight is 439 g/mol. The molecule has 2 aromatic carbocycles. The molecule has 8 heteroatoms. The van der Waals surface area contributed by atoms with Crippen LogP contribution in [0.15, 0.2) is 42.5 Å². The summed E-state index contributed by atoms with van der Waals surface area (Å²) in [5, 5.41) is 3.72. The van der Waals surface area contributed by atoms with E-state index in [0.717, 1.165) is 35.2 Å². The van der Waals surface area contributed by atoms with Crippen molar-refractivity contribution in [1.29, 1.82) is 0 Å². The Hall–Kier alpha value is -3.39. The summed E-state index contributed by atoms with van der Waals surface area (Å²) in [5.41, 5.74) is 3.42. The van der Waals surface area contributed by atoms with E-state index in [2.05, 4.69) is 20.1 Å². The molecule has 1 aliphatic heterocycles. The summed E-state index contributed by atoms with van der Waals surface area (Å²) in [7, 11) is 1.31. The van der Waals surface area contributed by atoms with Gasteiger partial charge in [-0.05, 0) is 50.2 Å². The fourth-order valence-electron chi connectivity index (χ4n) is 4.10. The molecule has 32 heavy (non-hydrogen) atoms. The van der Waals surface area contributed by atoms with E-state index >= 15 is 0 Å². The molecule has 1 saturated heterocycles. The van der Waals surface area contributed by atoms with Gasteiger partial charge in [-0.15, -0.1) is 0 Å². The second-order valence-corrected chi connectivity index (χ2v) is 8.08. The Balaban J connectivity index is 1.47. The smallest absolute Gasteiger partial charge is 0.356 e. The van der Waals surface area contributed by atoms with Gasteiger partial charge >= 0.3 is 5.97 Å². The number of piperazine rings is 1. The molecule has 0 radical (unpaired) electrons. The van der Waals surface area contributed by atoms with Crippen molar-refractivity contribution in [2.75, 3.05) is 43.5 Å². The second-order valence-electron chi connectivity index (χ2n) is 8.08. The third-order valence-electron chi connectivity index (χ3n) is 6.02. The standard InChI is InChI=1S/C24H27FN4O3/c1-15-4-9-20-19(14-15)21(22(26-20)24(31)32-3)27-23(30)16(2)28-10-12-29(13-11-28)18-7-5-17(25)6-8-18/h4-9,14,16,26H,10-13H2,1-3H3,(H,27,30)/t16-/m1/s1. The summed E-state index contributed by atoms with van der Waals surface area (Å²) in [4.78, 5) is 32.7.